The topological polar surface area (TPSA) is 40.2 Å². The van der Waals surface area contributed by atoms with E-state index in [4.69, 9.17) is 18.9 Å². The van der Waals surface area contributed by atoms with Crippen LogP contribution in [0.25, 0.3) is 0 Å². The molecular weight excluding hydrogens is 354 g/mol. The average Bonchev–Trinajstić information content (AvgIpc) is 2.79. The summed E-state index contributed by atoms with van der Waals surface area (Å²) in [5.74, 6) is 3.13. The predicted molar refractivity (Wildman–Crippen MR) is 104 cm³/mol. The van der Waals surface area contributed by atoms with Gasteiger partial charge >= 0.3 is 0 Å². The second-order valence-corrected chi connectivity index (χ2v) is 6.20. The molecule has 0 N–H and O–H groups in total. The summed E-state index contributed by atoms with van der Waals surface area (Å²) in [6.07, 6.45) is 0.880. The SMILES string of the molecule is COc1ccc(OC2CN(C)CCc3cc(OC)c(OC)cc32)cc1.Cl. The van der Waals surface area contributed by atoms with E-state index >= 15 is 0 Å². The molecule has 1 atom stereocenters. The van der Waals surface area contributed by atoms with Crippen molar-refractivity contribution in [1.82, 2.24) is 4.90 Å². The maximum atomic E-state index is 6.31. The molecule has 6 heteroatoms. The van der Waals surface area contributed by atoms with E-state index in [0.717, 1.165) is 48.1 Å². The highest BCUT2D eigenvalue weighted by Gasteiger charge is 2.25. The van der Waals surface area contributed by atoms with Crippen LogP contribution < -0.4 is 18.9 Å². The fourth-order valence-electron chi connectivity index (χ4n) is 3.16. The number of nitrogens with zero attached hydrogens (tertiary/aromatic N) is 1. The van der Waals surface area contributed by atoms with Crippen molar-refractivity contribution in [2.45, 2.75) is 12.5 Å². The monoisotopic (exact) mass is 379 g/mol. The molecule has 5 nitrogen and oxygen atoms in total. The molecule has 0 radical (unpaired) electrons. The molecule has 3 rings (SSSR count). The van der Waals surface area contributed by atoms with Gasteiger partial charge in [0.2, 0.25) is 0 Å². The summed E-state index contributed by atoms with van der Waals surface area (Å²) >= 11 is 0. The minimum absolute atomic E-state index is 0. The van der Waals surface area contributed by atoms with Gasteiger partial charge in [-0.2, -0.15) is 0 Å². The normalized spacial score (nSPS) is 16.7. The highest BCUT2D eigenvalue weighted by molar-refractivity contribution is 5.85. The molecule has 0 saturated heterocycles. The van der Waals surface area contributed by atoms with Crippen molar-refractivity contribution >= 4 is 12.4 Å². The predicted octanol–water partition coefficient (Wildman–Crippen LogP) is 3.74. The zero-order valence-corrected chi connectivity index (χ0v) is 16.5. The van der Waals surface area contributed by atoms with Crippen LogP contribution in [0.15, 0.2) is 36.4 Å². The number of likely N-dealkylation sites (N-methyl/N-ethyl adjacent to an activating group) is 1. The van der Waals surface area contributed by atoms with Crippen LogP contribution in [0.4, 0.5) is 0 Å². The Morgan fingerprint density at radius 3 is 2.12 bits per heavy atom. The molecule has 0 amide bonds. The van der Waals surface area contributed by atoms with Crippen molar-refractivity contribution in [2.75, 3.05) is 41.5 Å². The van der Waals surface area contributed by atoms with Crippen LogP contribution in [0, 0.1) is 0 Å². The van der Waals surface area contributed by atoms with Gasteiger partial charge in [0.1, 0.15) is 17.6 Å². The summed E-state index contributed by atoms with van der Waals surface area (Å²) in [5, 5.41) is 0. The Hall–Kier alpha value is -2.11. The van der Waals surface area contributed by atoms with Crippen LogP contribution in [-0.2, 0) is 6.42 Å². The maximum Gasteiger partial charge on any atom is 0.161 e. The first-order valence-corrected chi connectivity index (χ1v) is 8.38. The summed E-state index contributed by atoms with van der Waals surface area (Å²) in [5.41, 5.74) is 2.39. The first kappa shape index (κ1) is 20.2. The van der Waals surface area contributed by atoms with Crippen LogP contribution in [0.5, 0.6) is 23.0 Å². The minimum Gasteiger partial charge on any atom is -0.497 e. The highest BCUT2D eigenvalue weighted by atomic mass is 35.5. The van der Waals surface area contributed by atoms with E-state index in [1.54, 1.807) is 21.3 Å². The van der Waals surface area contributed by atoms with E-state index < -0.39 is 0 Å². The molecule has 1 aliphatic rings. The zero-order valence-electron chi connectivity index (χ0n) is 15.7. The summed E-state index contributed by atoms with van der Waals surface area (Å²) in [4.78, 5) is 2.28. The molecule has 0 aromatic heterocycles. The number of hydrogen-bond donors (Lipinski definition) is 0. The van der Waals surface area contributed by atoms with Gasteiger partial charge in [-0.1, -0.05) is 0 Å². The van der Waals surface area contributed by atoms with E-state index in [1.165, 1.54) is 5.56 Å². The molecular formula is C20H26ClNO4. The Bertz CT molecular complexity index is 720. The quantitative estimate of drug-likeness (QED) is 0.791. The van der Waals surface area contributed by atoms with Crippen molar-refractivity contribution in [3.05, 3.63) is 47.5 Å². The van der Waals surface area contributed by atoms with Crippen LogP contribution in [0.2, 0.25) is 0 Å². The van der Waals surface area contributed by atoms with Crippen LogP contribution >= 0.6 is 12.4 Å². The number of benzene rings is 2. The van der Waals surface area contributed by atoms with Gasteiger partial charge in [0.25, 0.3) is 0 Å². The molecule has 0 fully saturated rings. The first-order valence-electron chi connectivity index (χ1n) is 8.38. The van der Waals surface area contributed by atoms with E-state index in [2.05, 4.69) is 18.0 Å². The molecule has 1 heterocycles. The Kier molecular flexibility index (Phi) is 7.00. The van der Waals surface area contributed by atoms with Crippen molar-refractivity contribution in [2.24, 2.45) is 0 Å². The van der Waals surface area contributed by atoms with E-state index in [0.29, 0.717) is 0 Å². The van der Waals surface area contributed by atoms with Crippen LogP contribution in [0.1, 0.15) is 17.2 Å². The molecule has 0 aliphatic carbocycles. The van der Waals surface area contributed by atoms with Gasteiger partial charge in [0, 0.05) is 18.7 Å². The highest BCUT2D eigenvalue weighted by Crippen LogP contribution is 2.37. The molecule has 0 spiro atoms. The van der Waals surface area contributed by atoms with Gasteiger partial charge < -0.3 is 23.8 Å². The Labute approximate surface area is 161 Å². The van der Waals surface area contributed by atoms with Gasteiger partial charge in [0.05, 0.1) is 21.3 Å². The summed E-state index contributed by atoms with van der Waals surface area (Å²) < 4.78 is 22.5. The van der Waals surface area contributed by atoms with E-state index in [9.17, 15) is 0 Å². The number of halogens is 1. The summed E-state index contributed by atoms with van der Waals surface area (Å²) in [6.45, 7) is 1.79. The second kappa shape index (κ2) is 9.01. The number of rotatable bonds is 5. The van der Waals surface area contributed by atoms with Crippen molar-refractivity contribution in [1.29, 1.82) is 0 Å². The molecule has 2 aromatic carbocycles. The van der Waals surface area contributed by atoms with Crippen molar-refractivity contribution in [3.8, 4) is 23.0 Å². The molecule has 2 aromatic rings. The van der Waals surface area contributed by atoms with Crippen LogP contribution in [-0.4, -0.2) is 46.4 Å². The summed E-state index contributed by atoms with van der Waals surface area (Å²) in [7, 11) is 7.10. The smallest absolute Gasteiger partial charge is 0.161 e. The van der Waals surface area contributed by atoms with Crippen molar-refractivity contribution < 1.29 is 18.9 Å². The lowest BCUT2D eigenvalue weighted by Crippen LogP contribution is -2.26. The maximum absolute atomic E-state index is 6.31. The minimum atomic E-state index is -0.0734. The third-order valence-electron chi connectivity index (χ3n) is 4.57. The molecule has 0 saturated carbocycles. The molecule has 142 valence electrons. The Balaban J connectivity index is 0.00000243. The Morgan fingerprint density at radius 2 is 1.50 bits per heavy atom. The lowest BCUT2D eigenvalue weighted by atomic mass is 10.00. The number of ether oxygens (including phenoxy) is 4. The zero-order chi connectivity index (χ0) is 17.8. The average molecular weight is 380 g/mol. The number of hydrogen-bond acceptors (Lipinski definition) is 5. The van der Waals surface area contributed by atoms with E-state index in [1.807, 2.05) is 30.3 Å². The molecule has 0 bridgehead atoms. The molecule has 1 aliphatic heterocycles. The molecule has 1 unspecified atom stereocenters. The third-order valence-corrected chi connectivity index (χ3v) is 4.57. The fourth-order valence-corrected chi connectivity index (χ4v) is 3.16. The summed E-state index contributed by atoms with van der Waals surface area (Å²) in [6, 6.07) is 11.8. The van der Waals surface area contributed by atoms with Gasteiger partial charge in [-0.3, -0.25) is 0 Å². The van der Waals surface area contributed by atoms with Gasteiger partial charge in [-0.15, -0.1) is 12.4 Å². The van der Waals surface area contributed by atoms with Gasteiger partial charge in [-0.25, -0.2) is 0 Å². The number of fused-ring (bicyclic) bond motifs is 1. The van der Waals surface area contributed by atoms with Crippen LogP contribution in [0.3, 0.4) is 0 Å². The lowest BCUT2D eigenvalue weighted by molar-refractivity contribution is 0.156. The second-order valence-electron chi connectivity index (χ2n) is 6.20. The lowest BCUT2D eigenvalue weighted by Gasteiger charge is -2.23. The Morgan fingerprint density at radius 1 is 0.885 bits per heavy atom. The largest absolute Gasteiger partial charge is 0.497 e. The van der Waals surface area contributed by atoms with Gasteiger partial charge in [-0.05, 0) is 55.4 Å². The van der Waals surface area contributed by atoms with E-state index in [-0.39, 0.29) is 18.5 Å². The fraction of sp³-hybridized carbons (Fsp3) is 0.400. The third kappa shape index (κ3) is 4.34. The number of methoxy groups -OCH3 is 3. The standard InChI is InChI=1S/C20H25NO4.ClH/c1-21-10-9-14-11-18(23-3)19(24-4)12-17(14)20(13-21)25-16-7-5-15(22-2)6-8-16;/h5-8,11-12,20H,9-10,13H2,1-4H3;1H. The van der Waals surface area contributed by atoms with Gasteiger partial charge in [0.15, 0.2) is 11.5 Å². The van der Waals surface area contributed by atoms with Crippen molar-refractivity contribution in [3.63, 3.8) is 0 Å². The first-order chi connectivity index (χ1) is 12.1. The molecule has 26 heavy (non-hydrogen) atoms.